The second kappa shape index (κ2) is 8.60. The van der Waals surface area contributed by atoms with Crippen LogP contribution in [0.5, 0.6) is 17.2 Å². The van der Waals surface area contributed by atoms with Crippen LogP contribution in [0.4, 0.5) is 0 Å². The SMILES string of the molecule is CC(C)COC(=O)C(C)Oc1ccccc1Oc1ccccc1Cl. The molecular weight excluding hydrogens is 328 g/mol. The molecule has 4 nitrogen and oxygen atoms in total. The van der Waals surface area contributed by atoms with Crippen molar-refractivity contribution in [3.8, 4) is 17.2 Å². The van der Waals surface area contributed by atoms with Crippen molar-refractivity contribution in [2.75, 3.05) is 6.61 Å². The maximum atomic E-state index is 12.0. The molecular formula is C19H21ClO4. The van der Waals surface area contributed by atoms with E-state index < -0.39 is 12.1 Å². The molecule has 1 unspecified atom stereocenters. The number of carbonyl (C=O) groups is 1. The molecule has 0 heterocycles. The largest absolute Gasteiger partial charge is 0.475 e. The summed E-state index contributed by atoms with van der Waals surface area (Å²) in [6.07, 6.45) is -0.736. The van der Waals surface area contributed by atoms with Crippen LogP contribution in [0.15, 0.2) is 48.5 Å². The van der Waals surface area contributed by atoms with Gasteiger partial charge < -0.3 is 14.2 Å². The van der Waals surface area contributed by atoms with Gasteiger partial charge in [0.15, 0.2) is 17.6 Å². The number of hydrogen-bond donors (Lipinski definition) is 0. The van der Waals surface area contributed by atoms with Crippen molar-refractivity contribution in [3.05, 3.63) is 53.6 Å². The van der Waals surface area contributed by atoms with E-state index in [9.17, 15) is 4.79 Å². The van der Waals surface area contributed by atoms with E-state index in [4.69, 9.17) is 25.8 Å². The molecule has 0 radical (unpaired) electrons. The Morgan fingerprint density at radius 3 is 2.17 bits per heavy atom. The van der Waals surface area contributed by atoms with Crippen LogP contribution in [-0.4, -0.2) is 18.7 Å². The lowest BCUT2D eigenvalue weighted by atomic mass is 10.2. The molecule has 2 aromatic carbocycles. The van der Waals surface area contributed by atoms with Gasteiger partial charge in [-0.2, -0.15) is 0 Å². The molecule has 0 saturated heterocycles. The first-order valence-electron chi connectivity index (χ1n) is 7.82. The number of hydrogen-bond acceptors (Lipinski definition) is 4. The molecule has 0 N–H and O–H groups in total. The number of para-hydroxylation sites is 3. The topological polar surface area (TPSA) is 44.8 Å². The molecule has 5 heteroatoms. The van der Waals surface area contributed by atoms with Crippen molar-refractivity contribution in [2.45, 2.75) is 26.9 Å². The maximum Gasteiger partial charge on any atom is 0.347 e. The first-order valence-corrected chi connectivity index (χ1v) is 8.20. The van der Waals surface area contributed by atoms with Gasteiger partial charge in [0, 0.05) is 0 Å². The monoisotopic (exact) mass is 348 g/mol. The molecule has 2 aromatic rings. The van der Waals surface area contributed by atoms with Crippen molar-refractivity contribution < 1.29 is 19.0 Å². The van der Waals surface area contributed by atoms with Crippen LogP contribution in [0.25, 0.3) is 0 Å². The van der Waals surface area contributed by atoms with Gasteiger partial charge in [-0.3, -0.25) is 0 Å². The summed E-state index contributed by atoms with van der Waals surface area (Å²) >= 11 is 6.11. The Balaban J connectivity index is 2.08. The van der Waals surface area contributed by atoms with Crippen LogP contribution < -0.4 is 9.47 Å². The lowest BCUT2D eigenvalue weighted by molar-refractivity contribution is -0.152. The van der Waals surface area contributed by atoms with Gasteiger partial charge >= 0.3 is 5.97 Å². The fourth-order valence-corrected chi connectivity index (χ4v) is 2.06. The molecule has 1 atom stereocenters. The molecule has 0 aliphatic rings. The zero-order valence-corrected chi connectivity index (χ0v) is 14.7. The Bertz CT molecular complexity index is 685. The fourth-order valence-electron chi connectivity index (χ4n) is 1.88. The van der Waals surface area contributed by atoms with Gasteiger partial charge in [-0.15, -0.1) is 0 Å². The number of halogens is 1. The Hall–Kier alpha value is -2.20. The maximum absolute atomic E-state index is 12.0. The van der Waals surface area contributed by atoms with Crippen molar-refractivity contribution in [3.63, 3.8) is 0 Å². The third-order valence-electron chi connectivity index (χ3n) is 3.10. The lowest BCUT2D eigenvalue weighted by Crippen LogP contribution is -2.27. The van der Waals surface area contributed by atoms with E-state index in [1.54, 1.807) is 37.3 Å². The predicted molar refractivity (Wildman–Crippen MR) is 93.9 cm³/mol. The summed E-state index contributed by atoms with van der Waals surface area (Å²) in [6, 6.07) is 14.3. The van der Waals surface area contributed by atoms with Gasteiger partial charge in [-0.1, -0.05) is 49.7 Å². The van der Waals surface area contributed by atoms with Crippen LogP contribution in [0.3, 0.4) is 0 Å². The predicted octanol–water partition coefficient (Wildman–Crippen LogP) is 5.10. The van der Waals surface area contributed by atoms with Gasteiger partial charge in [0.05, 0.1) is 11.6 Å². The normalized spacial score (nSPS) is 11.9. The van der Waals surface area contributed by atoms with Gasteiger partial charge in [-0.25, -0.2) is 4.79 Å². The molecule has 0 saturated carbocycles. The van der Waals surface area contributed by atoms with Crippen molar-refractivity contribution >= 4 is 17.6 Å². The third-order valence-corrected chi connectivity index (χ3v) is 3.41. The Morgan fingerprint density at radius 2 is 1.54 bits per heavy atom. The highest BCUT2D eigenvalue weighted by Gasteiger charge is 2.19. The van der Waals surface area contributed by atoms with E-state index >= 15 is 0 Å². The summed E-state index contributed by atoms with van der Waals surface area (Å²) in [6.45, 7) is 5.97. The van der Waals surface area contributed by atoms with E-state index in [1.807, 2.05) is 32.0 Å². The standard InChI is InChI=1S/C19H21ClO4/c1-13(2)12-22-19(21)14(3)23-17-10-6-7-11-18(17)24-16-9-5-4-8-15(16)20/h4-11,13-14H,12H2,1-3H3. The molecule has 0 spiro atoms. The van der Waals surface area contributed by atoms with E-state index in [1.165, 1.54) is 0 Å². The highest BCUT2D eigenvalue weighted by molar-refractivity contribution is 6.32. The molecule has 24 heavy (non-hydrogen) atoms. The zero-order chi connectivity index (χ0) is 17.5. The molecule has 0 aromatic heterocycles. The summed E-state index contributed by atoms with van der Waals surface area (Å²) < 4.78 is 16.7. The van der Waals surface area contributed by atoms with Crippen LogP contribution in [0.2, 0.25) is 5.02 Å². The molecule has 0 fully saturated rings. The molecule has 0 amide bonds. The van der Waals surface area contributed by atoms with Crippen molar-refractivity contribution in [2.24, 2.45) is 5.92 Å². The molecule has 0 bridgehead atoms. The summed E-state index contributed by atoms with van der Waals surface area (Å²) in [5, 5.41) is 0.497. The highest BCUT2D eigenvalue weighted by Crippen LogP contribution is 2.35. The zero-order valence-electron chi connectivity index (χ0n) is 14.0. The summed E-state index contributed by atoms with van der Waals surface area (Å²) in [5.74, 6) is 1.32. The quantitative estimate of drug-likeness (QED) is 0.653. The van der Waals surface area contributed by atoms with Gasteiger partial charge in [0.2, 0.25) is 0 Å². The van der Waals surface area contributed by atoms with Gasteiger partial charge in [0.25, 0.3) is 0 Å². The second-order valence-electron chi connectivity index (χ2n) is 5.76. The molecule has 128 valence electrons. The smallest absolute Gasteiger partial charge is 0.347 e. The third kappa shape index (κ3) is 5.17. The molecule has 2 rings (SSSR count). The lowest BCUT2D eigenvalue weighted by Gasteiger charge is -2.17. The minimum Gasteiger partial charge on any atom is -0.475 e. The second-order valence-corrected chi connectivity index (χ2v) is 6.17. The molecule has 0 aliphatic carbocycles. The fraction of sp³-hybridized carbons (Fsp3) is 0.316. The minimum absolute atomic E-state index is 0.275. The number of esters is 1. The average molecular weight is 349 g/mol. The van der Waals surface area contributed by atoms with E-state index in [0.717, 1.165) is 0 Å². The number of ether oxygens (including phenoxy) is 3. The first-order chi connectivity index (χ1) is 11.5. The van der Waals surface area contributed by atoms with Crippen LogP contribution in [0.1, 0.15) is 20.8 Å². The van der Waals surface area contributed by atoms with E-state index in [-0.39, 0.29) is 5.92 Å². The minimum atomic E-state index is -0.736. The van der Waals surface area contributed by atoms with Crippen LogP contribution in [0, 0.1) is 5.92 Å². The Morgan fingerprint density at radius 1 is 0.958 bits per heavy atom. The highest BCUT2D eigenvalue weighted by atomic mass is 35.5. The summed E-state index contributed by atoms with van der Waals surface area (Å²) in [7, 11) is 0. The van der Waals surface area contributed by atoms with Crippen LogP contribution in [-0.2, 0) is 9.53 Å². The number of benzene rings is 2. The first kappa shape index (κ1) is 18.1. The van der Waals surface area contributed by atoms with Crippen molar-refractivity contribution in [1.29, 1.82) is 0 Å². The number of rotatable bonds is 7. The van der Waals surface area contributed by atoms with E-state index in [2.05, 4.69) is 0 Å². The molecule has 0 aliphatic heterocycles. The van der Waals surface area contributed by atoms with Gasteiger partial charge in [-0.05, 0) is 37.1 Å². The summed E-state index contributed by atoms with van der Waals surface area (Å²) in [4.78, 5) is 12.0. The summed E-state index contributed by atoms with van der Waals surface area (Å²) in [5.41, 5.74) is 0. The number of carbonyl (C=O) groups excluding carboxylic acids is 1. The average Bonchev–Trinajstić information content (AvgIpc) is 2.56. The Kier molecular flexibility index (Phi) is 6.50. The van der Waals surface area contributed by atoms with Crippen LogP contribution >= 0.6 is 11.6 Å². The van der Waals surface area contributed by atoms with Gasteiger partial charge in [0.1, 0.15) is 5.75 Å². The van der Waals surface area contributed by atoms with E-state index in [0.29, 0.717) is 28.9 Å². The Labute approximate surface area is 147 Å². The van der Waals surface area contributed by atoms with Crippen molar-refractivity contribution in [1.82, 2.24) is 0 Å².